The van der Waals surface area contributed by atoms with Crippen molar-refractivity contribution in [2.75, 3.05) is 11.9 Å². The summed E-state index contributed by atoms with van der Waals surface area (Å²) in [7, 11) is 0. The van der Waals surface area contributed by atoms with Gasteiger partial charge < -0.3 is 16.3 Å². The first-order valence-corrected chi connectivity index (χ1v) is 6.39. The number of amidine groups is 1. The van der Waals surface area contributed by atoms with E-state index in [-0.39, 0.29) is 5.41 Å². The van der Waals surface area contributed by atoms with Gasteiger partial charge in [0.15, 0.2) is 0 Å². The lowest BCUT2D eigenvalue weighted by atomic mass is 10.0. The second-order valence-corrected chi connectivity index (χ2v) is 5.51. The highest BCUT2D eigenvalue weighted by Gasteiger charge is 2.43. The number of halogens is 1. The molecule has 1 saturated carbocycles. The summed E-state index contributed by atoms with van der Waals surface area (Å²) in [4.78, 5) is 0. The van der Waals surface area contributed by atoms with Gasteiger partial charge in [0.2, 0.25) is 0 Å². The van der Waals surface area contributed by atoms with Crippen LogP contribution in [0.5, 0.6) is 0 Å². The monoisotopic (exact) mass is 267 g/mol. The fourth-order valence-corrected chi connectivity index (χ4v) is 2.36. The Bertz CT molecular complexity index is 469. The van der Waals surface area contributed by atoms with E-state index in [9.17, 15) is 0 Å². The minimum Gasteiger partial charge on any atom is -0.409 e. The minimum absolute atomic E-state index is 0.129. The van der Waals surface area contributed by atoms with Crippen molar-refractivity contribution >= 4 is 23.1 Å². The summed E-state index contributed by atoms with van der Waals surface area (Å²) in [6, 6.07) is 5.95. The van der Waals surface area contributed by atoms with E-state index in [1.807, 2.05) is 25.1 Å². The van der Waals surface area contributed by atoms with Gasteiger partial charge in [0, 0.05) is 13.0 Å². The summed E-state index contributed by atoms with van der Waals surface area (Å²) in [5.41, 5.74) is 7.77. The maximum Gasteiger partial charge on any atom is 0.139 e. The number of rotatable bonds is 5. The average Bonchev–Trinajstić information content (AvgIpc) is 3.08. The van der Waals surface area contributed by atoms with Crippen LogP contribution in [-0.2, 0) is 0 Å². The Labute approximate surface area is 112 Å². The van der Waals surface area contributed by atoms with Crippen molar-refractivity contribution in [1.29, 1.82) is 0 Å². The maximum atomic E-state index is 8.61. The second kappa shape index (κ2) is 5.06. The van der Waals surface area contributed by atoms with Crippen molar-refractivity contribution in [3.63, 3.8) is 0 Å². The van der Waals surface area contributed by atoms with Gasteiger partial charge in [-0.1, -0.05) is 22.8 Å². The van der Waals surface area contributed by atoms with Crippen LogP contribution in [0, 0.1) is 12.3 Å². The van der Waals surface area contributed by atoms with Crippen LogP contribution in [0.1, 0.15) is 24.8 Å². The Morgan fingerprint density at radius 1 is 1.56 bits per heavy atom. The molecule has 5 heteroatoms. The van der Waals surface area contributed by atoms with Gasteiger partial charge in [-0.2, -0.15) is 0 Å². The molecule has 1 aromatic carbocycles. The Hall–Kier alpha value is -1.42. The lowest BCUT2D eigenvalue weighted by molar-refractivity contribution is 0.315. The molecule has 0 radical (unpaired) electrons. The third kappa shape index (κ3) is 3.07. The van der Waals surface area contributed by atoms with Crippen molar-refractivity contribution in [1.82, 2.24) is 0 Å². The van der Waals surface area contributed by atoms with Crippen molar-refractivity contribution in [2.45, 2.75) is 26.2 Å². The van der Waals surface area contributed by atoms with Crippen LogP contribution >= 0.6 is 11.6 Å². The Balaban J connectivity index is 1.95. The molecule has 0 saturated heterocycles. The fraction of sp³-hybridized carbons (Fsp3) is 0.462. The molecule has 0 heterocycles. The zero-order valence-electron chi connectivity index (χ0n) is 10.4. The van der Waals surface area contributed by atoms with Crippen LogP contribution in [0.4, 0.5) is 5.69 Å². The van der Waals surface area contributed by atoms with Crippen molar-refractivity contribution in [3.8, 4) is 0 Å². The molecule has 4 N–H and O–H groups in total. The molecule has 1 fully saturated rings. The van der Waals surface area contributed by atoms with Crippen LogP contribution in [0.3, 0.4) is 0 Å². The summed E-state index contributed by atoms with van der Waals surface area (Å²) in [6.45, 7) is 2.81. The Morgan fingerprint density at radius 3 is 2.83 bits per heavy atom. The zero-order valence-corrected chi connectivity index (χ0v) is 11.2. The third-order valence-corrected chi connectivity index (χ3v) is 3.73. The predicted octanol–water partition coefficient (Wildman–Crippen LogP) is 2.98. The van der Waals surface area contributed by atoms with Crippen LogP contribution < -0.4 is 11.1 Å². The van der Waals surface area contributed by atoms with Gasteiger partial charge in [-0.25, -0.2) is 0 Å². The van der Waals surface area contributed by atoms with Gasteiger partial charge in [0.05, 0.1) is 10.7 Å². The molecule has 0 aromatic heterocycles. The number of benzene rings is 1. The van der Waals surface area contributed by atoms with E-state index in [4.69, 9.17) is 22.5 Å². The SMILES string of the molecule is Cc1ccc(NCC2(CC(N)=NO)CC2)c(Cl)c1. The quantitative estimate of drug-likeness (QED) is 0.332. The molecule has 0 bridgehead atoms. The highest BCUT2D eigenvalue weighted by atomic mass is 35.5. The van der Waals surface area contributed by atoms with Crippen LogP contribution in [0.25, 0.3) is 0 Å². The van der Waals surface area contributed by atoms with Gasteiger partial charge >= 0.3 is 0 Å². The number of aryl methyl sites for hydroxylation is 1. The molecule has 0 spiro atoms. The number of oxime groups is 1. The summed E-state index contributed by atoms with van der Waals surface area (Å²) in [5, 5.41) is 15.7. The van der Waals surface area contributed by atoms with E-state index in [2.05, 4.69) is 10.5 Å². The molecule has 1 aromatic rings. The van der Waals surface area contributed by atoms with E-state index in [1.165, 1.54) is 0 Å². The first-order chi connectivity index (χ1) is 8.54. The zero-order chi connectivity index (χ0) is 13.2. The number of nitrogens with one attached hydrogen (secondary N) is 1. The van der Waals surface area contributed by atoms with Crippen molar-refractivity contribution in [2.24, 2.45) is 16.3 Å². The van der Waals surface area contributed by atoms with Crippen LogP contribution in [0.2, 0.25) is 5.02 Å². The first-order valence-electron chi connectivity index (χ1n) is 6.01. The fourth-order valence-electron chi connectivity index (χ4n) is 2.06. The molecule has 4 nitrogen and oxygen atoms in total. The summed E-state index contributed by atoms with van der Waals surface area (Å²) in [5.74, 6) is 0.296. The first kappa shape index (κ1) is 13.0. The van der Waals surface area contributed by atoms with Crippen LogP contribution in [-0.4, -0.2) is 17.6 Å². The highest BCUT2D eigenvalue weighted by molar-refractivity contribution is 6.33. The predicted molar refractivity (Wildman–Crippen MR) is 74.4 cm³/mol. The molecule has 0 amide bonds. The molecule has 0 unspecified atom stereocenters. The van der Waals surface area contributed by atoms with E-state index in [0.29, 0.717) is 12.3 Å². The number of hydrogen-bond donors (Lipinski definition) is 3. The third-order valence-electron chi connectivity index (χ3n) is 3.42. The van der Waals surface area contributed by atoms with E-state index in [0.717, 1.165) is 35.7 Å². The van der Waals surface area contributed by atoms with Crippen LogP contribution in [0.15, 0.2) is 23.4 Å². The number of nitrogens with two attached hydrogens (primary N) is 1. The van der Waals surface area contributed by atoms with Gasteiger partial charge in [-0.3, -0.25) is 0 Å². The van der Waals surface area contributed by atoms with E-state index < -0.39 is 0 Å². The Kier molecular flexibility index (Phi) is 3.66. The number of anilines is 1. The smallest absolute Gasteiger partial charge is 0.139 e. The highest BCUT2D eigenvalue weighted by Crippen LogP contribution is 2.48. The summed E-state index contributed by atoms with van der Waals surface area (Å²) >= 11 is 6.16. The normalized spacial score (nSPS) is 17.6. The maximum absolute atomic E-state index is 8.61. The topological polar surface area (TPSA) is 70.6 Å². The second-order valence-electron chi connectivity index (χ2n) is 5.10. The van der Waals surface area contributed by atoms with Crippen molar-refractivity contribution in [3.05, 3.63) is 28.8 Å². The molecular formula is C13H18ClN3O. The lowest BCUT2D eigenvalue weighted by Gasteiger charge is -2.17. The van der Waals surface area contributed by atoms with Gasteiger partial charge in [0.1, 0.15) is 5.84 Å². The molecule has 1 aliphatic rings. The molecule has 0 aliphatic heterocycles. The molecule has 18 heavy (non-hydrogen) atoms. The van der Waals surface area contributed by atoms with E-state index in [1.54, 1.807) is 0 Å². The standard InChI is InChI=1S/C13H18ClN3O/c1-9-2-3-11(10(14)6-9)16-8-13(4-5-13)7-12(15)17-18/h2-3,6,16,18H,4-5,7-8H2,1H3,(H2,15,17). The molecule has 98 valence electrons. The number of hydrogen-bond acceptors (Lipinski definition) is 3. The minimum atomic E-state index is 0.129. The lowest BCUT2D eigenvalue weighted by Crippen LogP contribution is -2.23. The summed E-state index contributed by atoms with van der Waals surface area (Å²) in [6.07, 6.45) is 2.82. The Morgan fingerprint density at radius 2 is 2.28 bits per heavy atom. The number of nitrogens with zero attached hydrogens (tertiary/aromatic N) is 1. The van der Waals surface area contributed by atoms with Gasteiger partial charge in [-0.05, 0) is 42.9 Å². The summed E-state index contributed by atoms with van der Waals surface area (Å²) < 4.78 is 0. The molecular weight excluding hydrogens is 250 g/mol. The van der Waals surface area contributed by atoms with E-state index >= 15 is 0 Å². The molecule has 2 rings (SSSR count). The molecule has 1 aliphatic carbocycles. The van der Waals surface area contributed by atoms with Gasteiger partial charge in [-0.15, -0.1) is 0 Å². The van der Waals surface area contributed by atoms with Gasteiger partial charge in [0.25, 0.3) is 0 Å². The average molecular weight is 268 g/mol. The molecule has 0 atom stereocenters. The largest absolute Gasteiger partial charge is 0.409 e. The van der Waals surface area contributed by atoms with Crippen molar-refractivity contribution < 1.29 is 5.21 Å².